The first-order valence-corrected chi connectivity index (χ1v) is 5.51. The number of carboxylic acids is 1. The molecule has 1 N–H and O–H groups in total. The summed E-state index contributed by atoms with van der Waals surface area (Å²) in [6, 6.07) is 0. The molecular formula is C11H18O3. The summed E-state index contributed by atoms with van der Waals surface area (Å²) in [6.45, 7) is 3.31. The van der Waals surface area contributed by atoms with E-state index in [1.807, 2.05) is 6.92 Å². The third-order valence-corrected chi connectivity index (χ3v) is 4.06. The molecule has 1 saturated carbocycles. The molecule has 1 aliphatic heterocycles. The van der Waals surface area contributed by atoms with Crippen molar-refractivity contribution in [2.75, 3.05) is 13.2 Å². The van der Waals surface area contributed by atoms with Crippen LogP contribution in [0.5, 0.6) is 0 Å². The van der Waals surface area contributed by atoms with Crippen LogP contribution in [0.25, 0.3) is 0 Å². The maximum absolute atomic E-state index is 11.2. The zero-order valence-corrected chi connectivity index (χ0v) is 8.66. The molecule has 2 fully saturated rings. The van der Waals surface area contributed by atoms with E-state index in [1.165, 1.54) is 19.3 Å². The van der Waals surface area contributed by atoms with Crippen molar-refractivity contribution >= 4 is 5.97 Å². The molecule has 0 aromatic carbocycles. The molecule has 1 atom stereocenters. The van der Waals surface area contributed by atoms with Gasteiger partial charge in [-0.3, -0.25) is 4.79 Å². The Morgan fingerprint density at radius 3 is 2.43 bits per heavy atom. The Morgan fingerprint density at radius 2 is 2.21 bits per heavy atom. The van der Waals surface area contributed by atoms with Gasteiger partial charge >= 0.3 is 5.97 Å². The summed E-state index contributed by atoms with van der Waals surface area (Å²) in [5.41, 5.74) is -0.0150. The van der Waals surface area contributed by atoms with Crippen LogP contribution in [0.3, 0.4) is 0 Å². The van der Waals surface area contributed by atoms with Crippen LogP contribution in [-0.4, -0.2) is 24.3 Å². The highest BCUT2D eigenvalue weighted by molar-refractivity contribution is 5.71. The van der Waals surface area contributed by atoms with Crippen LogP contribution in [0, 0.1) is 17.3 Å². The quantitative estimate of drug-likeness (QED) is 0.750. The minimum Gasteiger partial charge on any atom is -0.481 e. The fraction of sp³-hybridized carbons (Fsp3) is 0.909. The molecule has 1 aliphatic carbocycles. The Morgan fingerprint density at radius 1 is 1.57 bits per heavy atom. The minimum atomic E-state index is -0.636. The Kier molecular flexibility index (Phi) is 2.52. The fourth-order valence-electron chi connectivity index (χ4n) is 2.87. The van der Waals surface area contributed by atoms with Crippen molar-refractivity contribution in [2.45, 2.75) is 32.6 Å². The standard InChI is InChI=1S/C11H18O3/c1-2-9(10(12)13)11(6-14-7-11)8-4-3-5-8/h8-9H,2-7H2,1H3,(H,12,13). The molecule has 1 saturated heterocycles. The lowest BCUT2D eigenvalue weighted by Gasteiger charge is -2.53. The van der Waals surface area contributed by atoms with Gasteiger partial charge in [-0.2, -0.15) is 0 Å². The SMILES string of the molecule is CCC(C(=O)O)C1(C2CCC2)COC1. The second-order valence-electron chi connectivity index (χ2n) is 4.65. The molecule has 3 nitrogen and oxygen atoms in total. The third-order valence-electron chi connectivity index (χ3n) is 4.06. The number of carbonyl (C=O) groups is 1. The summed E-state index contributed by atoms with van der Waals surface area (Å²) in [6.07, 6.45) is 4.40. The molecule has 1 heterocycles. The zero-order valence-electron chi connectivity index (χ0n) is 8.66. The first kappa shape index (κ1) is 9.97. The van der Waals surface area contributed by atoms with Crippen LogP contribution in [0.1, 0.15) is 32.6 Å². The molecule has 80 valence electrons. The molecule has 0 radical (unpaired) electrons. The molecular weight excluding hydrogens is 180 g/mol. The number of carboxylic acid groups (broad SMARTS) is 1. The van der Waals surface area contributed by atoms with Crippen LogP contribution in [0.2, 0.25) is 0 Å². The maximum Gasteiger partial charge on any atom is 0.307 e. The van der Waals surface area contributed by atoms with E-state index >= 15 is 0 Å². The molecule has 2 aliphatic rings. The van der Waals surface area contributed by atoms with E-state index in [4.69, 9.17) is 4.74 Å². The first-order chi connectivity index (χ1) is 6.70. The predicted molar refractivity (Wildman–Crippen MR) is 52.0 cm³/mol. The lowest BCUT2D eigenvalue weighted by molar-refractivity contribution is -0.204. The van der Waals surface area contributed by atoms with Gasteiger partial charge in [0, 0.05) is 5.41 Å². The van der Waals surface area contributed by atoms with Gasteiger partial charge < -0.3 is 9.84 Å². The number of aliphatic carboxylic acids is 1. The summed E-state index contributed by atoms with van der Waals surface area (Å²) in [4.78, 5) is 11.2. The third kappa shape index (κ3) is 1.26. The van der Waals surface area contributed by atoms with E-state index in [-0.39, 0.29) is 11.3 Å². The minimum absolute atomic E-state index is 0.0150. The summed E-state index contributed by atoms with van der Waals surface area (Å²) in [7, 11) is 0. The van der Waals surface area contributed by atoms with Crippen LogP contribution < -0.4 is 0 Å². The summed E-state index contributed by atoms with van der Waals surface area (Å²) < 4.78 is 5.26. The van der Waals surface area contributed by atoms with Crippen molar-refractivity contribution in [3.8, 4) is 0 Å². The average Bonchev–Trinajstić information content (AvgIpc) is 1.96. The molecule has 0 aromatic heterocycles. The Balaban J connectivity index is 2.12. The lowest BCUT2D eigenvalue weighted by atomic mass is 9.57. The van der Waals surface area contributed by atoms with E-state index in [1.54, 1.807) is 0 Å². The number of ether oxygens (including phenoxy) is 1. The van der Waals surface area contributed by atoms with Crippen molar-refractivity contribution in [3.63, 3.8) is 0 Å². The Hall–Kier alpha value is -0.570. The number of rotatable bonds is 4. The molecule has 0 amide bonds. The number of hydrogen-bond donors (Lipinski definition) is 1. The van der Waals surface area contributed by atoms with Crippen molar-refractivity contribution in [1.29, 1.82) is 0 Å². The zero-order chi connectivity index (χ0) is 10.2. The largest absolute Gasteiger partial charge is 0.481 e. The van der Waals surface area contributed by atoms with E-state index in [9.17, 15) is 9.90 Å². The second-order valence-corrected chi connectivity index (χ2v) is 4.65. The topological polar surface area (TPSA) is 46.5 Å². The summed E-state index contributed by atoms with van der Waals surface area (Å²) in [5, 5.41) is 9.19. The van der Waals surface area contributed by atoms with Gasteiger partial charge in [0.1, 0.15) is 0 Å². The van der Waals surface area contributed by atoms with Crippen molar-refractivity contribution in [2.24, 2.45) is 17.3 Å². The van der Waals surface area contributed by atoms with Gasteiger partial charge in [-0.25, -0.2) is 0 Å². The molecule has 0 bridgehead atoms. The predicted octanol–water partition coefficient (Wildman–Crippen LogP) is 1.91. The smallest absolute Gasteiger partial charge is 0.307 e. The highest BCUT2D eigenvalue weighted by Gasteiger charge is 2.54. The van der Waals surface area contributed by atoms with Gasteiger partial charge in [-0.05, 0) is 25.2 Å². The van der Waals surface area contributed by atoms with Crippen LogP contribution >= 0.6 is 0 Å². The van der Waals surface area contributed by atoms with Crippen LogP contribution in [0.4, 0.5) is 0 Å². The summed E-state index contributed by atoms with van der Waals surface area (Å²) >= 11 is 0. The number of hydrogen-bond acceptors (Lipinski definition) is 2. The second kappa shape index (κ2) is 3.54. The fourth-order valence-corrected chi connectivity index (χ4v) is 2.87. The average molecular weight is 198 g/mol. The van der Waals surface area contributed by atoms with E-state index < -0.39 is 5.97 Å². The van der Waals surface area contributed by atoms with Gasteiger partial charge in [0.15, 0.2) is 0 Å². The molecule has 2 rings (SSSR count). The van der Waals surface area contributed by atoms with E-state index in [0.29, 0.717) is 19.1 Å². The first-order valence-electron chi connectivity index (χ1n) is 5.51. The van der Waals surface area contributed by atoms with Gasteiger partial charge in [-0.1, -0.05) is 13.3 Å². The van der Waals surface area contributed by atoms with Crippen molar-refractivity contribution in [1.82, 2.24) is 0 Å². The highest BCUT2D eigenvalue weighted by atomic mass is 16.5. The molecule has 0 aromatic rings. The Bertz CT molecular complexity index is 229. The monoisotopic (exact) mass is 198 g/mol. The van der Waals surface area contributed by atoms with Crippen molar-refractivity contribution < 1.29 is 14.6 Å². The molecule has 3 heteroatoms. The van der Waals surface area contributed by atoms with Crippen LogP contribution in [0.15, 0.2) is 0 Å². The maximum atomic E-state index is 11.2. The van der Waals surface area contributed by atoms with Crippen LogP contribution in [-0.2, 0) is 9.53 Å². The molecule has 0 spiro atoms. The molecule has 14 heavy (non-hydrogen) atoms. The summed E-state index contributed by atoms with van der Waals surface area (Å²) in [5.74, 6) is -0.221. The van der Waals surface area contributed by atoms with Gasteiger partial charge in [-0.15, -0.1) is 0 Å². The lowest BCUT2D eigenvalue weighted by Crippen LogP contribution is -2.57. The van der Waals surface area contributed by atoms with Gasteiger partial charge in [0.25, 0.3) is 0 Å². The van der Waals surface area contributed by atoms with Gasteiger partial charge in [0.05, 0.1) is 19.1 Å². The van der Waals surface area contributed by atoms with E-state index in [2.05, 4.69) is 0 Å². The highest BCUT2D eigenvalue weighted by Crippen LogP contribution is 2.52. The normalized spacial score (nSPS) is 27.5. The van der Waals surface area contributed by atoms with Crippen molar-refractivity contribution in [3.05, 3.63) is 0 Å². The van der Waals surface area contributed by atoms with E-state index in [0.717, 1.165) is 6.42 Å². The Labute approximate surface area is 84.4 Å². The molecule has 1 unspecified atom stereocenters. The van der Waals surface area contributed by atoms with Gasteiger partial charge in [0.2, 0.25) is 0 Å².